The van der Waals surface area contributed by atoms with Crippen molar-refractivity contribution in [1.29, 1.82) is 0 Å². The summed E-state index contributed by atoms with van der Waals surface area (Å²) in [6, 6.07) is 23.8. The molecule has 226 valence electrons. The first-order valence-corrected chi connectivity index (χ1v) is 16.8. The van der Waals surface area contributed by atoms with Gasteiger partial charge in [-0.15, -0.1) is 0 Å². The van der Waals surface area contributed by atoms with Gasteiger partial charge in [-0.05, 0) is 119 Å². The van der Waals surface area contributed by atoms with Crippen LogP contribution in [0.4, 0.5) is 13.2 Å². The van der Waals surface area contributed by atoms with Crippen LogP contribution in [0.15, 0.2) is 98.4 Å². The zero-order chi connectivity index (χ0) is 30.2. The number of aryl methyl sites for hydroxylation is 1. The lowest BCUT2D eigenvalue weighted by atomic mass is 9.90. The minimum absolute atomic E-state index is 0.0565. The van der Waals surface area contributed by atoms with Crippen LogP contribution in [0.3, 0.4) is 0 Å². The Morgan fingerprint density at radius 2 is 1.07 bits per heavy atom. The van der Waals surface area contributed by atoms with Crippen LogP contribution in [-0.4, -0.2) is 26.2 Å². The van der Waals surface area contributed by atoms with Gasteiger partial charge >= 0.3 is 0 Å². The van der Waals surface area contributed by atoms with E-state index in [4.69, 9.17) is 11.6 Å². The Kier molecular flexibility index (Phi) is 11.6. The van der Waals surface area contributed by atoms with Crippen molar-refractivity contribution in [3.8, 4) is 0 Å². The molecular weight excluding hydrogens is 605 g/mol. The van der Waals surface area contributed by atoms with E-state index in [-0.39, 0.29) is 22.6 Å². The Morgan fingerprint density at radius 1 is 0.605 bits per heavy atom. The Balaban J connectivity index is 0.000000171. The largest absolute Gasteiger partial charge is 0.317 e. The Hall–Kier alpha value is -2.42. The average molecular weight is 641 g/mol. The maximum absolute atomic E-state index is 14.4. The number of rotatable bonds is 6. The lowest BCUT2D eigenvalue weighted by Crippen LogP contribution is -2.27. The van der Waals surface area contributed by atoms with E-state index in [0.29, 0.717) is 16.4 Å². The topological polar surface area (TPSA) is 24.1 Å². The van der Waals surface area contributed by atoms with Gasteiger partial charge in [0.15, 0.2) is 5.82 Å². The van der Waals surface area contributed by atoms with Gasteiger partial charge in [0.05, 0.1) is 5.02 Å². The van der Waals surface area contributed by atoms with Gasteiger partial charge in [-0.3, -0.25) is 0 Å². The van der Waals surface area contributed by atoms with Gasteiger partial charge in [-0.2, -0.15) is 0 Å². The van der Waals surface area contributed by atoms with Crippen molar-refractivity contribution in [2.75, 3.05) is 26.2 Å². The van der Waals surface area contributed by atoms with Crippen LogP contribution < -0.4 is 10.6 Å². The Bertz CT molecular complexity index is 1500. The molecule has 8 heteroatoms. The highest BCUT2D eigenvalue weighted by molar-refractivity contribution is 7.99. The predicted octanol–water partition coefficient (Wildman–Crippen LogP) is 9.99. The van der Waals surface area contributed by atoms with E-state index in [2.05, 4.69) is 41.8 Å². The normalized spacial score (nSPS) is 16.0. The quantitative estimate of drug-likeness (QED) is 0.219. The molecule has 6 rings (SSSR count). The molecule has 0 aromatic heterocycles. The summed E-state index contributed by atoms with van der Waals surface area (Å²) in [7, 11) is 0. The van der Waals surface area contributed by atoms with E-state index < -0.39 is 5.82 Å². The number of halogens is 4. The fourth-order valence-corrected chi connectivity index (χ4v) is 8.02. The zero-order valence-corrected chi connectivity index (χ0v) is 26.5. The van der Waals surface area contributed by atoms with Gasteiger partial charge in [0.2, 0.25) is 0 Å². The summed E-state index contributed by atoms with van der Waals surface area (Å²) >= 11 is 8.74. The van der Waals surface area contributed by atoms with E-state index in [9.17, 15) is 13.2 Å². The summed E-state index contributed by atoms with van der Waals surface area (Å²) in [5, 5.41) is 6.72. The monoisotopic (exact) mass is 640 g/mol. The molecule has 0 spiro atoms. The lowest BCUT2D eigenvalue weighted by molar-refractivity contribution is 0.439. The third kappa shape index (κ3) is 8.40. The molecule has 0 unspecified atom stereocenters. The number of nitrogens with one attached hydrogen (secondary N) is 2. The number of hydrogen-bond donors (Lipinski definition) is 2. The highest BCUT2D eigenvalue weighted by Crippen LogP contribution is 2.41. The molecule has 2 aliphatic heterocycles. The number of piperidine rings is 2. The van der Waals surface area contributed by atoms with Crippen molar-refractivity contribution < 1.29 is 13.2 Å². The third-order valence-electron chi connectivity index (χ3n) is 7.91. The van der Waals surface area contributed by atoms with E-state index in [0.717, 1.165) is 67.2 Å². The molecular formula is C35H36ClF3N2S2. The molecule has 0 amide bonds. The molecule has 2 fully saturated rings. The minimum Gasteiger partial charge on any atom is -0.317 e. The van der Waals surface area contributed by atoms with Crippen LogP contribution in [-0.2, 0) is 0 Å². The van der Waals surface area contributed by atoms with Crippen molar-refractivity contribution in [1.82, 2.24) is 10.6 Å². The first-order chi connectivity index (χ1) is 20.9. The van der Waals surface area contributed by atoms with Gasteiger partial charge in [0.1, 0.15) is 11.6 Å². The summed E-state index contributed by atoms with van der Waals surface area (Å²) in [6.45, 7) is 5.81. The SMILES string of the molecule is Cc1ccc(Sc2cccc(F)c2C2CCNCC2)cc1.Fc1cccc(Sc2cccc(Cl)c2F)c1C1CCNCC1. The lowest BCUT2D eigenvalue weighted by Gasteiger charge is -2.25. The van der Waals surface area contributed by atoms with Crippen molar-refractivity contribution >= 4 is 35.1 Å². The maximum Gasteiger partial charge on any atom is 0.155 e. The van der Waals surface area contributed by atoms with Crippen LogP contribution in [0.5, 0.6) is 0 Å². The molecule has 0 saturated carbocycles. The van der Waals surface area contributed by atoms with E-state index in [1.165, 1.54) is 34.4 Å². The van der Waals surface area contributed by atoms with Crippen LogP contribution >= 0.6 is 35.1 Å². The average Bonchev–Trinajstić information content (AvgIpc) is 3.02. The molecule has 0 bridgehead atoms. The van der Waals surface area contributed by atoms with E-state index in [1.807, 2.05) is 18.2 Å². The maximum atomic E-state index is 14.4. The van der Waals surface area contributed by atoms with Crippen LogP contribution in [0, 0.1) is 24.4 Å². The van der Waals surface area contributed by atoms with Gasteiger partial charge in [0.25, 0.3) is 0 Å². The second kappa shape index (κ2) is 15.5. The third-order valence-corrected chi connectivity index (χ3v) is 10.4. The van der Waals surface area contributed by atoms with Gasteiger partial charge in [0, 0.05) is 30.7 Å². The standard InChI is InChI=1S/C18H20FNS.C17H16ClF2NS/c1-13-5-7-15(8-6-13)21-17-4-2-3-16(19)18(17)14-9-11-20-12-10-14;18-12-3-1-6-15(17(12)20)22-14-5-2-4-13(19)16(14)11-7-9-21-10-8-11/h2-8,14,20H,9-12H2,1H3;1-6,11,21H,7-10H2. The Labute approximate surface area is 266 Å². The fourth-order valence-electron chi connectivity index (χ4n) is 5.64. The summed E-state index contributed by atoms with van der Waals surface area (Å²) in [4.78, 5) is 3.42. The summed E-state index contributed by atoms with van der Waals surface area (Å²) in [6.07, 6.45) is 3.82. The molecule has 2 aliphatic rings. The van der Waals surface area contributed by atoms with E-state index >= 15 is 0 Å². The number of hydrogen-bond acceptors (Lipinski definition) is 4. The van der Waals surface area contributed by atoms with Gasteiger partial charge in [-0.1, -0.05) is 71.0 Å². The van der Waals surface area contributed by atoms with Gasteiger partial charge in [-0.25, -0.2) is 13.2 Å². The second-order valence-electron chi connectivity index (χ2n) is 10.9. The number of benzene rings is 4. The molecule has 0 radical (unpaired) electrons. The van der Waals surface area contributed by atoms with Crippen molar-refractivity contribution in [2.45, 2.75) is 64.0 Å². The highest BCUT2D eigenvalue weighted by atomic mass is 35.5. The van der Waals surface area contributed by atoms with E-state index in [1.54, 1.807) is 36.0 Å². The molecule has 2 N–H and O–H groups in total. The molecule has 2 saturated heterocycles. The molecule has 0 aliphatic carbocycles. The van der Waals surface area contributed by atoms with Crippen LogP contribution in [0.1, 0.15) is 54.2 Å². The molecule has 0 atom stereocenters. The van der Waals surface area contributed by atoms with Crippen LogP contribution in [0.25, 0.3) is 0 Å². The van der Waals surface area contributed by atoms with Crippen molar-refractivity contribution in [3.63, 3.8) is 0 Å². The molecule has 4 aromatic rings. The summed E-state index contributed by atoms with van der Waals surface area (Å²) in [5.41, 5.74) is 2.86. The Morgan fingerprint density at radius 3 is 1.60 bits per heavy atom. The summed E-state index contributed by atoms with van der Waals surface area (Å²) < 4.78 is 42.8. The fraction of sp³-hybridized carbons (Fsp3) is 0.314. The summed E-state index contributed by atoms with van der Waals surface area (Å²) in [5.74, 6) is -0.208. The molecule has 43 heavy (non-hydrogen) atoms. The highest BCUT2D eigenvalue weighted by Gasteiger charge is 2.24. The van der Waals surface area contributed by atoms with Crippen LogP contribution in [0.2, 0.25) is 5.02 Å². The van der Waals surface area contributed by atoms with Crippen molar-refractivity contribution in [2.24, 2.45) is 0 Å². The first-order valence-electron chi connectivity index (χ1n) is 14.8. The minimum atomic E-state index is -0.449. The smallest absolute Gasteiger partial charge is 0.155 e. The molecule has 2 heterocycles. The van der Waals surface area contributed by atoms with Gasteiger partial charge < -0.3 is 10.6 Å². The van der Waals surface area contributed by atoms with Crippen molar-refractivity contribution in [3.05, 3.63) is 118 Å². The molecule has 2 nitrogen and oxygen atoms in total. The zero-order valence-electron chi connectivity index (χ0n) is 24.1. The second-order valence-corrected chi connectivity index (χ2v) is 13.5. The molecule has 4 aromatic carbocycles. The first kappa shape index (κ1) is 32.0. The predicted molar refractivity (Wildman–Crippen MR) is 173 cm³/mol.